The van der Waals surface area contributed by atoms with Crippen molar-refractivity contribution in [2.45, 2.75) is 55.4 Å². The second-order valence-corrected chi connectivity index (χ2v) is 34.2. The Balaban J connectivity index is 0.0000000966. The first-order chi connectivity index (χ1) is 56.4. The minimum absolute atomic E-state index is 0.680. The zero-order valence-electron chi connectivity index (χ0n) is 66.1. The van der Waals surface area contributed by atoms with Gasteiger partial charge in [-0.05, 0) is 150 Å². The van der Waals surface area contributed by atoms with Gasteiger partial charge >= 0.3 is 0 Å². The van der Waals surface area contributed by atoms with E-state index in [2.05, 4.69) is 309 Å². The van der Waals surface area contributed by atoms with Crippen LogP contribution in [0.3, 0.4) is 0 Å². The fourth-order valence-electron chi connectivity index (χ4n) is 17.3. The molecule has 24 rings (SSSR count). The molecule has 116 heavy (non-hydrogen) atoms. The second kappa shape index (κ2) is 27.2. The van der Waals surface area contributed by atoms with Gasteiger partial charge in [0.05, 0.1) is 49.2 Å². The molecule has 12 nitrogen and oxygen atoms in total. The summed E-state index contributed by atoms with van der Waals surface area (Å²) >= 11 is 5.53. The number of fused-ring (bicyclic) bond motifs is 24. The minimum Gasteiger partial charge on any atom is -0.456 e. The molecule has 0 unspecified atom stereocenters. The standard InChI is InChI=1S/C26H20NOS.C25H19N2O2.2C25H19N2OS/c1-15-8-10-17-19-11-9-16(2)25(26(19)28-22(17)12-15)21-13-24-20(14-27(21)3)18-6-4-5-7-23(18)29-24;1-14-8-10-17-18-11-9-15(2)26-25(18)29-24(17)23(14)20-12-22-19(13-27(20)3)16-6-4-5-7-21(16)28-22;1-14-8-10-17-18-11-9-15(2)26-25(18)28-24(17)23(14)20-12-22-19(13-27(20)3)16-6-4-5-7-21(16)29-22;1-14-8-10-17-18-11-9-15(2)26-25(18)28-24(17)23(14)20-12-19-16-6-4-5-7-21(16)29-22(19)13-27(20)3/h4-14H,1-3H3;3*4-13H,1-3H3/q4*+1. The summed E-state index contributed by atoms with van der Waals surface area (Å²) < 4.78 is 48.1. The van der Waals surface area contributed by atoms with Crippen LogP contribution >= 0.6 is 34.0 Å². The molecule has 0 fully saturated rings. The first-order valence-corrected chi connectivity index (χ1v) is 41.4. The van der Waals surface area contributed by atoms with E-state index >= 15 is 0 Å². The van der Waals surface area contributed by atoms with E-state index in [4.69, 9.17) is 22.1 Å². The first kappa shape index (κ1) is 70.5. The SMILES string of the molecule is Cc1ccc2c(c1)oc1c(-c3cc4sc5ccccc5c4c[n+]3C)c(C)ccc12.Cc1ccc2c(n1)oc1c(-c3cc4c(c[n+]3C)sc3ccccc34)c(C)ccc12.Cc1ccc2c(n1)oc1c(-c3cc4oc5ccccc5c4c[n+]3C)c(C)ccc12.Cc1ccc2c(n1)oc1c(-c3cc4sc5ccccc5c4c[n+]3C)c(C)ccc12. The van der Waals surface area contributed by atoms with E-state index in [1.807, 2.05) is 91.2 Å². The fraction of sp³-hybridized carbons (Fsp3) is 0.119. The topological polar surface area (TPSA) is 120 Å². The zero-order chi connectivity index (χ0) is 78.8. The molecule has 9 aromatic carbocycles. The van der Waals surface area contributed by atoms with Crippen LogP contribution in [-0.2, 0) is 28.2 Å². The van der Waals surface area contributed by atoms with Gasteiger partial charge in [-0.1, -0.05) is 133 Å². The number of furan rings is 5. The number of pyridine rings is 7. The predicted octanol–water partition coefficient (Wildman–Crippen LogP) is 26.0. The van der Waals surface area contributed by atoms with Gasteiger partial charge in [-0.25, -0.2) is 28.7 Å². The average molecular weight is 1560 g/mol. The van der Waals surface area contributed by atoms with Crippen LogP contribution in [0.1, 0.15) is 44.9 Å². The lowest BCUT2D eigenvalue weighted by atomic mass is 10.00. The van der Waals surface area contributed by atoms with Crippen LogP contribution in [0.2, 0.25) is 0 Å². The molecule has 15 heteroatoms. The molecular weight excluding hydrogens is 1490 g/mol. The smallest absolute Gasteiger partial charge is 0.227 e. The normalized spacial score (nSPS) is 12.0. The molecule has 0 saturated heterocycles. The number of nitrogens with zero attached hydrogens (tertiary/aromatic N) is 7. The molecule has 0 N–H and O–H groups in total. The molecular formula is C101H77N7O5S3+4. The van der Waals surface area contributed by atoms with Gasteiger partial charge in [0.2, 0.25) is 39.9 Å². The van der Waals surface area contributed by atoms with E-state index < -0.39 is 0 Å². The van der Waals surface area contributed by atoms with Gasteiger partial charge in [0, 0.05) is 129 Å². The number of benzene rings is 9. The van der Waals surface area contributed by atoms with Crippen molar-refractivity contribution in [3.63, 3.8) is 0 Å². The van der Waals surface area contributed by atoms with E-state index in [0.717, 1.165) is 139 Å². The molecule has 0 saturated carbocycles. The van der Waals surface area contributed by atoms with Gasteiger partial charge in [-0.2, -0.15) is 4.57 Å². The molecule has 0 aliphatic heterocycles. The lowest BCUT2D eigenvalue weighted by Crippen LogP contribution is -2.30. The highest BCUT2D eigenvalue weighted by Gasteiger charge is 2.29. The molecule has 0 radical (unpaired) electrons. The zero-order valence-corrected chi connectivity index (χ0v) is 68.5. The molecule has 15 aromatic heterocycles. The molecule has 24 aromatic rings. The summed E-state index contributed by atoms with van der Waals surface area (Å²) in [5.41, 5.74) is 26.4. The van der Waals surface area contributed by atoms with Gasteiger partial charge in [0.1, 0.15) is 50.5 Å². The van der Waals surface area contributed by atoms with Crippen LogP contribution < -0.4 is 18.3 Å². The summed E-state index contributed by atoms with van der Waals surface area (Å²) in [6.07, 6.45) is 8.87. The Morgan fingerprint density at radius 2 is 0.569 bits per heavy atom. The van der Waals surface area contributed by atoms with Crippen LogP contribution in [0.25, 0.3) is 216 Å². The monoisotopic (exact) mass is 1560 g/mol. The van der Waals surface area contributed by atoms with Crippen molar-refractivity contribution in [3.05, 3.63) is 294 Å². The van der Waals surface area contributed by atoms with Crippen LogP contribution in [0.15, 0.2) is 271 Å². The van der Waals surface area contributed by atoms with Gasteiger partial charge in [0.25, 0.3) is 0 Å². The lowest BCUT2D eigenvalue weighted by Gasteiger charge is -2.06. The molecule has 560 valence electrons. The highest BCUT2D eigenvalue weighted by Crippen LogP contribution is 2.46. The Morgan fingerprint density at radius 1 is 0.233 bits per heavy atom. The van der Waals surface area contributed by atoms with Gasteiger partial charge in [-0.15, -0.1) is 34.0 Å². The number of thiophene rings is 3. The maximum atomic E-state index is 6.42. The van der Waals surface area contributed by atoms with E-state index in [9.17, 15) is 0 Å². The van der Waals surface area contributed by atoms with Gasteiger partial charge in [-0.3, -0.25) is 0 Å². The summed E-state index contributed by atoms with van der Waals surface area (Å²) in [7, 11) is 8.43. The molecule has 0 aliphatic carbocycles. The van der Waals surface area contributed by atoms with E-state index in [1.54, 1.807) is 0 Å². The van der Waals surface area contributed by atoms with Gasteiger partial charge < -0.3 is 22.1 Å². The summed E-state index contributed by atoms with van der Waals surface area (Å²) in [6.45, 7) is 16.7. The van der Waals surface area contributed by atoms with Crippen molar-refractivity contribution in [2.75, 3.05) is 0 Å². The van der Waals surface area contributed by atoms with E-state index in [0.29, 0.717) is 17.1 Å². The minimum atomic E-state index is 0.680. The Labute approximate surface area is 677 Å². The third-order valence-corrected chi connectivity index (χ3v) is 26.5. The number of hydrogen-bond acceptors (Lipinski definition) is 11. The molecule has 15 heterocycles. The molecule has 0 aliphatic rings. The van der Waals surface area contributed by atoms with Crippen molar-refractivity contribution >= 4 is 205 Å². The second-order valence-electron chi connectivity index (χ2n) is 30.9. The van der Waals surface area contributed by atoms with Crippen LogP contribution in [0, 0.1) is 55.4 Å². The predicted molar refractivity (Wildman–Crippen MR) is 479 cm³/mol. The average Bonchev–Trinajstić information content (AvgIpc) is 1.59. The first-order valence-electron chi connectivity index (χ1n) is 39.0. The highest BCUT2D eigenvalue weighted by molar-refractivity contribution is 7.26. The number of rotatable bonds is 4. The Bertz CT molecular complexity index is 7700. The summed E-state index contributed by atoms with van der Waals surface area (Å²) in [5.74, 6) is 0. The van der Waals surface area contributed by atoms with Crippen molar-refractivity contribution < 1.29 is 40.4 Å². The summed E-state index contributed by atoms with van der Waals surface area (Å²) in [5, 5.41) is 18.9. The number of para-hydroxylation sites is 1. The van der Waals surface area contributed by atoms with Gasteiger partial charge in [0.15, 0.2) is 41.5 Å². The lowest BCUT2D eigenvalue weighted by molar-refractivity contribution is -0.659. The van der Waals surface area contributed by atoms with Crippen molar-refractivity contribution in [3.8, 4) is 45.0 Å². The molecule has 0 spiro atoms. The van der Waals surface area contributed by atoms with E-state index in [1.165, 1.54) is 105 Å². The summed E-state index contributed by atoms with van der Waals surface area (Å²) in [6, 6.07) is 79.2. The third-order valence-electron chi connectivity index (χ3n) is 23.1. The van der Waals surface area contributed by atoms with Crippen molar-refractivity contribution in [1.82, 2.24) is 15.0 Å². The molecule has 0 atom stereocenters. The number of aromatic nitrogens is 7. The van der Waals surface area contributed by atoms with Crippen molar-refractivity contribution in [1.29, 1.82) is 0 Å². The molecule has 0 bridgehead atoms. The maximum Gasteiger partial charge on any atom is 0.227 e. The quantitative estimate of drug-likeness (QED) is 0.160. The van der Waals surface area contributed by atoms with Crippen LogP contribution in [-0.4, -0.2) is 15.0 Å². The molecule has 0 amide bonds. The fourth-order valence-corrected chi connectivity index (χ4v) is 20.7. The van der Waals surface area contributed by atoms with Crippen LogP contribution in [0.5, 0.6) is 0 Å². The number of hydrogen-bond donors (Lipinski definition) is 0. The summed E-state index contributed by atoms with van der Waals surface area (Å²) in [4.78, 5) is 13.8. The Hall–Kier alpha value is -13.3. The van der Waals surface area contributed by atoms with Crippen molar-refractivity contribution in [2.24, 2.45) is 28.2 Å². The highest BCUT2D eigenvalue weighted by atomic mass is 32.1. The van der Waals surface area contributed by atoms with E-state index in [-0.39, 0.29) is 0 Å². The van der Waals surface area contributed by atoms with Crippen LogP contribution in [0.4, 0.5) is 0 Å². The number of aryl methyl sites for hydroxylation is 12. The maximum absolute atomic E-state index is 6.42. The Kier molecular flexibility index (Phi) is 16.5. The largest absolute Gasteiger partial charge is 0.456 e. The third kappa shape index (κ3) is 11.5. The Morgan fingerprint density at radius 3 is 1.03 bits per heavy atom.